The number of fused-ring (bicyclic) bond motifs is 2. The third-order valence-electron chi connectivity index (χ3n) is 9.47. The van der Waals surface area contributed by atoms with Crippen LogP contribution in [0.4, 0.5) is 11.4 Å². The number of hydrogen-bond acceptors (Lipinski definition) is 12. The lowest BCUT2D eigenvalue weighted by atomic mass is 10.1. The summed E-state index contributed by atoms with van der Waals surface area (Å²) < 4.78 is 7.26. The Bertz CT molecular complexity index is 3120. The van der Waals surface area contributed by atoms with Crippen molar-refractivity contribution >= 4 is 45.5 Å². The molecule has 0 unspecified atom stereocenters. The van der Waals surface area contributed by atoms with Gasteiger partial charge in [0.25, 0.3) is 11.1 Å². The van der Waals surface area contributed by atoms with Gasteiger partial charge in [-0.2, -0.15) is 0 Å². The van der Waals surface area contributed by atoms with Crippen LogP contribution < -0.4 is 33.1 Å². The number of carbonyl (C=O) groups is 2. The van der Waals surface area contributed by atoms with Gasteiger partial charge in [0.15, 0.2) is 28.2 Å². The molecule has 8 aromatic rings. The van der Waals surface area contributed by atoms with Crippen LogP contribution in [0, 0.1) is 0 Å². The summed E-state index contributed by atoms with van der Waals surface area (Å²) in [6.45, 7) is -0.587. The smallest absolute Gasteiger partial charge is 0.325 e. The SMILES string of the molecule is Cn1c(=O)c2c(ncn2CC(=O)Nc2ccc(-c3ncc(Cn4c(=O)c5c(ncn5CC(=O)Nc5ccc(-c6ccncn6)cc5)n(C)c4=O)cn3)cc2)n(C)c1=O. The van der Waals surface area contributed by atoms with E-state index in [9.17, 15) is 28.8 Å². The van der Waals surface area contributed by atoms with Gasteiger partial charge in [-0.1, -0.05) is 12.1 Å². The summed E-state index contributed by atoms with van der Waals surface area (Å²) >= 11 is 0. The maximum atomic E-state index is 13.7. The van der Waals surface area contributed by atoms with Crippen LogP contribution in [0.1, 0.15) is 5.56 Å². The van der Waals surface area contributed by atoms with Crippen LogP contribution >= 0.6 is 0 Å². The molecule has 290 valence electrons. The summed E-state index contributed by atoms with van der Waals surface area (Å²) in [5.74, 6) is -0.466. The molecular formula is C38H32N14O6. The van der Waals surface area contributed by atoms with Gasteiger partial charge < -0.3 is 19.8 Å². The van der Waals surface area contributed by atoms with Crippen molar-refractivity contribution < 1.29 is 9.59 Å². The molecule has 0 aliphatic heterocycles. The van der Waals surface area contributed by atoms with Crippen LogP contribution in [0.5, 0.6) is 0 Å². The summed E-state index contributed by atoms with van der Waals surface area (Å²) in [5, 5.41) is 5.59. The standard InChI is InChI=1S/C38H32N14O6/c1-47-33-30(35(55)49(3)37(47)57)50(20-43-33)17-28(53)46-26-10-6-24(7-11-26)32-40-14-22(15-41-32)16-52-36(56)31-34(48(2)38(52)58)44-21-51(31)18-29(54)45-25-8-4-23(5-9-25)27-12-13-39-19-42-27/h4-15,19-21H,16-18H2,1-3H3,(H,45,54)(H,46,53). The molecule has 0 radical (unpaired) electrons. The first kappa shape index (κ1) is 36.8. The molecule has 0 spiro atoms. The number of nitrogens with zero attached hydrogens (tertiary/aromatic N) is 12. The lowest BCUT2D eigenvalue weighted by Crippen LogP contribution is -2.40. The Morgan fingerprint density at radius 2 is 1.14 bits per heavy atom. The average molecular weight is 781 g/mol. The highest BCUT2D eigenvalue weighted by molar-refractivity contribution is 5.92. The van der Waals surface area contributed by atoms with Gasteiger partial charge in [0.05, 0.1) is 24.9 Å². The third kappa shape index (κ3) is 6.84. The van der Waals surface area contributed by atoms with E-state index in [0.717, 1.165) is 20.4 Å². The second-order valence-corrected chi connectivity index (χ2v) is 13.3. The quantitative estimate of drug-likeness (QED) is 0.197. The molecule has 6 heterocycles. The van der Waals surface area contributed by atoms with Crippen LogP contribution in [0.15, 0.2) is 111 Å². The Kier molecular flexibility index (Phi) is 9.40. The number of imidazole rings is 2. The van der Waals surface area contributed by atoms with Gasteiger partial charge in [-0.05, 0) is 42.5 Å². The van der Waals surface area contributed by atoms with E-state index in [1.165, 1.54) is 70.8 Å². The van der Waals surface area contributed by atoms with E-state index in [1.54, 1.807) is 48.7 Å². The van der Waals surface area contributed by atoms with Crippen LogP contribution in [0.2, 0.25) is 0 Å². The van der Waals surface area contributed by atoms with Crippen LogP contribution in [-0.4, -0.2) is 69.1 Å². The molecule has 58 heavy (non-hydrogen) atoms. The molecule has 8 rings (SSSR count). The lowest BCUT2D eigenvalue weighted by Gasteiger charge is -2.11. The number of nitrogens with one attached hydrogen (secondary N) is 2. The Labute approximate surface area is 325 Å². The summed E-state index contributed by atoms with van der Waals surface area (Å²) in [6, 6.07) is 15.7. The number of amides is 2. The van der Waals surface area contributed by atoms with Crippen molar-refractivity contribution in [1.29, 1.82) is 0 Å². The highest BCUT2D eigenvalue weighted by atomic mass is 16.2. The van der Waals surface area contributed by atoms with Gasteiger partial charge >= 0.3 is 11.4 Å². The lowest BCUT2D eigenvalue weighted by molar-refractivity contribution is -0.117. The van der Waals surface area contributed by atoms with E-state index in [0.29, 0.717) is 28.3 Å². The molecule has 20 heteroatoms. The van der Waals surface area contributed by atoms with Gasteiger partial charge in [0, 0.05) is 67.8 Å². The largest absolute Gasteiger partial charge is 0.332 e. The molecule has 2 N–H and O–H groups in total. The van der Waals surface area contributed by atoms with Crippen LogP contribution in [0.25, 0.3) is 45.0 Å². The minimum absolute atomic E-state index is 0.0793. The second kappa shape index (κ2) is 14.8. The highest BCUT2D eigenvalue weighted by Crippen LogP contribution is 2.20. The summed E-state index contributed by atoms with van der Waals surface area (Å²) in [4.78, 5) is 103. The molecule has 0 fully saturated rings. The van der Waals surface area contributed by atoms with E-state index in [-0.39, 0.29) is 42.0 Å². The highest BCUT2D eigenvalue weighted by Gasteiger charge is 2.19. The molecule has 0 saturated heterocycles. The van der Waals surface area contributed by atoms with Crippen molar-refractivity contribution in [3.63, 3.8) is 0 Å². The maximum Gasteiger partial charge on any atom is 0.332 e. The number of benzene rings is 2. The Hall–Kier alpha value is -8.16. The number of anilines is 2. The number of hydrogen-bond donors (Lipinski definition) is 2. The molecule has 0 bridgehead atoms. The maximum absolute atomic E-state index is 13.7. The predicted molar refractivity (Wildman–Crippen MR) is 211 cm³/mol. The van der Waals surface area contributed by atoms with Crippen LogP contribution in [0.3, 0.4) is 0 Å². The first-order chi connectivity index (χ1) is 28.0. The zero-order valence-corrected chi connectivity index (χ0v) is 31.1. The van der Waals surface area contributed by atoms with Crippen molar-refractivity contribution in [2.75, 3.05) is 10.6 Å². The van der Waals surface area contributed by atoms with Crippen LogP contribution in [-0.2, 0) is 50.4 Å². The Morgan fingerprint density at radius 3 is 1.69 bits per heavy atom. The minimum atomic E-state index is -0.631. The fourth-order valence-corrected chi connectivity index (χ4v) is 6.47. The first-order valence-corrected chi connectivity index (χ1v) is 17.6. The van der Waals surface area contributed by atoms with Gasteiger partial charge in [-0.25, -0.2) is 39.5 Å². The van der Waals surface area contributed by atoms with Crippen molar-refractivity contribution in [2.24, 2.45) is 21.1 Å². The number of aryl methyl sites for hydroxylation is 2. The fourth-order valence-electron chi connectivity index (χ4n) is 6.47. The first-order valence-electron chi connectivity index (χ1n) is 17.6. The fraction of sp³-hybridized carbons (Fsp3) is 0.158. The van der Waals surface area contributed by atoms with E-state index < -0.39 is 34.3 Å². The van der Waals surface area contributed by atoms with Gasteiger partial charge in [0.2, 0.25) is 11.8 Å². The second-order valence-electron chi connectivity index (χ2n) is 13.3. The summed E-state index contributed by atoms with van der Waals surface area (Å²) in [7, 11) is 4.35. The van der Waals surface area contributed by atoms with E-state index in [1.807, 2.05) is 12.1 Å². The van der Waals surface area contributed by atoms with Gasteiger partial charge in [0.1, 0.15) is 19.4 Å². The zero-order chi connectivity index (χ0) is 40.7. The molecule has 0 aliphatic rings. The van der Waals surface area contributed by atoms with Crippen molar-refractivity contribution in [2.45, 2.75) is 19.6 Å². The minimum Gasteiger partial charge on any atom is -0.325 e. The third-order valence-corrected chi connectivity index (χ3v) is 9.47. The average Bonchev–Trinajstić information content (AvgIpc) is 3.85. The Morgan fingerprint density at radius 1 is 0.603 bits per heavy atom. The molecule has 2 aromatic carbocycles. The zero-order valence-electron chi connectivity index (χ0n) is 31.1. The van der Waals surface area contributed by atoms with Crippen molar-refractivity contribution in [1.82, 2.24) is 57.3 Å². The molecule has 0 saturated carbocycles. The molecule has 6 aromatic heterocycles. The van der Waals surface area contributed by atoms with Gasteiger partial charge in [-0.3, -0.25) is 37.4 Å². The van der Waals surface area contributed by atoms with E-state index >= 15 is 0 Å². The number of carbonyl (C=O) groups excluding carboxylic acids is 2. The topological polar surface area (TPSA) is 233 Å². The normalized spacial score (nSPS) is 11.3. The van der Waals surface area contributed by atoms with Crippen molar-refractivity contribution in [3.8, 4) is 22.6 Å². The molecule has 0 atom stereocenters. The number of rotatable bonds is 10. The Balaban J connectivity index is 0.935. The molecule has 20 nitrogen and oxygen atoms in total. The molecular weight excluding hydrogens is 749 g/mol. The van der Waals surface area contributed by atoms with Crippen molar-refractivity contribution in [3.05, 3.63) is 139 Å². The predicted octanol–water partition coefficient (Wildman–Crippen LogP) is 0.884. The number of aromatic nitrogens is 12. The summed E-state index contributed by atoms with van der Waals surface area (Å²) in [5.41, 5.74) is 1.93. The van der Waals surface area contributed by atoms with E-state index in [4.69, 9.17) is 0 Å². The molecule has 0 aliphatic carbocycles. The summed E-state index contributed by atoms with van der Waals surface area (Å²) in [6.07, 6.45) is 8.79. The molecule has 2 amide bonds. The monoisotopic (exact) mass is 780 g/mol. The van der Waals surface area contributed by atoms with Gasteiger partial charge in [-0.15, -0.1) is 0 Å². The van der Waals surface area contributed by atoms with E-state index in [2.05, 4.69) is 40.5 Å².